The maximum Gasteiger partial charge on any atom is 0.227 e. The maximum atomic E-state index is 13.0. The molecule has 4 heterocycles. The van der Waals surface area contributed by atoms with Crippen LogP contribution in [0.1, 0.15) is 16.9 Å². The normalized spacial score (nSPS) is 20.0. The Morgan fingerprint density at radius 3 is 3.00 bits per heavy atom. The van der Waals surface area contributed by atoms with Gasteiger partial charge in [-0.25, -0.2) is 4.98 Å². The molecule has 2 aromatic heterocycles. The summed E-state index contributed by atoms with van der Waals surface area (Å²) >= 11 is 1.82. The summed E-state index contributed by atoms with van der Waals surface area (Å²) in [5.74, 6) is 1.36. The molecule has 134 valence electrons. The third-order valence-electron chi connectivity index (χ3n) is 5.70. The van der Waals surface area contributed by atoms with Crippen molar-refractivity contribution < 1.29 is 4.79 Å². The van der Waals surface area contributed by atoms with Gasteiger partial charge in [-0.2, -0.15) is 0 Å². The van der Waals surface area contributed by atoms with E-state index in [0.29, 0.717) is 5.91 Å². The smallest absolute Gasteiger partial charge is 0.227 e. The molecule has 0 spiro atoms. The van der Waals surface area contributed by atoms with E-state index in [2.05, 4.69) is 38.9 Å². The quantitative estimate of drug-likeness (QED) is 0.700. The Kier molecular flexibility index (Phi) is 3.74. The van der Waals surface area contributed by atoms with Crippen LogP contribution in [0, 0.1) is 5.92 Å². The molecular formula is C20H22N4OS. The van der Waals surface area contributed by atoms with E-state index in [1.807, 2.05) is 29.5 Å². The van der Waals surface area contributed by atoms with E-state index < -0.39 is 0 Å². The van der Waals surface area contributed by atoms with Crippen LogP contribution in [0.2, 0.25) is 0 Å². The molecule has 0 radical (unpaired) electrons. The van der Waals surface area contributed by atoms with Crippen LogP contribution in [0.3, 0.4) is 0 Å². The van der Waals surface area contributed by atoms with Gasteiger partial charge in [0.25, 0.3) is 0 Å². The number of hydrogen-bond donors (Lipinski definition) is 0. The van der Waals surface area contributed by atoms with E-state index in [1.165, 1.54) is 10.4 Å². The Morgan fingerprint density at radius 2 is 2.12 bits per heavy atom. The van der Waals surface area contributed by atoms with Crippen LogP contribution in [0.4, 0.5) is 5.95 Å². The lowest BCUT2D eigenvalue weighted by Crippen LogP contribution is -2.40. The Bertz CT molecular complexity index is 975. The molecule has 0 N–H and O–H groups in total. The number of aromatic nitrogens is 2. The molecule has 0 bridgehead atoms. The lowest BCUT2D eigenvalue weighted by molar-refractivity contribution is -0.135. The lowest BCUT2D eigenvalue weighted by Gasteiger charge is -2.29. The van der Waals surface area contributed by atoms with E-state index in [-0.39, 0.29) is 5.92 Å². The second-order valence-corrected chi connectivity index (χ2v) is 8.27. The highest BCUT2D eigenvalue weighted by Gasteiger charge is 2.34. The summed E-state index contributed by atoms with van der Waals surface area (Å²) in [4.78, 5) is 23.6. The van der Waals surface area contributed by atoms with Gasteiger partial charge >= 0.3 is 0 Å². The van der Waals surface area contributed by atoms with E-state index in [1.54, 1.807) is 0 Å². The largest absolute Gasteiger partial charge is 0.341 e. The molecule has 1 amide bonds. The molecule has 0 saturated carbocycles. The van der Waals surface area contributed by atoms with Gasteiger partial charge in [0.15, 0.2) is 0 Å². The molecule has 1 fully saturated rings. The molecule has 1 atom stereocenters. The number of carbonyl (C=O) groups is 1. The number of imidazole rings is 1. The van der Waals surface area contributed by atoms with Crippen molar-refractivity contribution in [1.29, 1.82) is 0 Å². The minimum absolute atomic E-state index is 0.0787. The van der Waals surface area contributed by atoms with Crippen LogP contribution >= 0.6 is 11.3 Å². The Labute approximate surface area is 156 Å². The average molecular weight is 366 g/mol. The summed E-state index contributed by atoms with van der Waals surface area (Å²) in [6, 6.07) is 10.4. The molecule has 5 rings (SSSR count). The van der Waals surface area contributed by atoms with E-state index >= 15 is 0 Å². The molecule has 1 saturated heterocycles. The summed E-state index contributed by atoms with van der Waals surface area (Å²) in [6.07, 6.45) is 1.91. The Hall–Kier alpha value is -2.34. The first-order valence-electron chi connectivity index (χ1n) is 9.21. The molecular weight excluding hydrogens is 344 g/mol. The fourth-order valence-corrected chi connectivity index (χ4v) is 5.14. The predicted molar refractivity (Wildman–Crippen MR) is 104 cm³/mol. The van der Waals surface area contributed by atoms with Crippen LogP contribution in [0.5, 0.6) is 0 Å². The zero-order chi connectivity index (χ0) is 17.7. The summed E-state index contributed by atoms with van der Waals surface area (Å²) in [5, 5.41) is 2.14. The van der Waals surface area contributed by atoms with Gasteiger partial charge in [-0.15, -0.1) is 11.3 Å². The fraction of sp³-hybridized carbons (Fsp3) is 0.400. The van der Waals surface area contributed by atoms with Crippen molar-refractivity contribution in [2.24, 2.45) is 13.0 Å². The molecule has 6 heteroatoms. The lowest BCUT2D eigenvalue weighted by atomic mass is 10.0. The monoisotopic (exact) mass is 366 g/mol. The van der Waals surface area contributed by atoms with Crippen molar-refractivity contribution >= 4 is 34.2 Å². The third-order valence-corrected chi connectivity index (χ3v) is 6.73. The van der Waals surface area contributed by atoms with Crippen LogP contribution in [0.25, 0.3) is 11.0 Å². The van der Waals surface area contributed by atoms with Crippen LogP contribution < -0.4 is 4.90 Å². The van der Waals surface area contributed by atoms with E-state index in [0.717, 1.165) is 56.0 Å². The molecule has 1 unspecified atom stereocenters. The summed E-state index contributed by atoms with van der Waals surface area (Å²) in [7, 11) is 2.06. The first kappa shape index (κ1) is 15.9. The van der Waals surface area contributed by atoms with Crippen molar-refractivity contribution in [3.8, 4) is 0 Å². The summed E-state index contributed by atoms with van der Waals surface area (Å²) in [6.45, 7) is 3.30. The van der Waals surface area contributed by atoms with E-state index in [4.69, 9.17) is 4.98 Å². The highest BCUT2D eigenvalue weighted by Crippen LogP contribution is 2.29. The highest BCUT2D eigenvalue weighted by atomic mass is 32.1. The number of rotatable bonds is 2. The zero-order valence-electron chi connectivity index (χ0n) is 14.9. The van der Waals surface area contributed by atoms with Gasteiger partial charge in [0.1, 0.15) is 0 Å². The van der Waals surface area contributed by atoms with Crippen molar-refractivity contribution in [2.75, 3.05) is 24.5 Å². The van der Waals surface area contributed by atoms with Gasteiger partial charge in [-0.05, 0) is 42.0 Å². The minimum atomic E-state index is 0.0787. The SMILES string of the molecule is Cn1c(N2CCC(C(=O)N3CCc4sccc4C3)C2)nc2ccccc21. The number of nitrogens with zero attached hydrogens (tertiary/aromatic N) is 4. The van der Waals surface area contributed by atoms with Gasteiger partial charge in [0.05, 0.1) is 17.0 Å². The zero-order valence-corrected chi connectivity index (χ0v) is 15.7. The predicted octanol–water partition coefficient (Wildman–Crippen LogP) is 3.05. The average Bonchev–Trinajstić information content (AvgIpc) is 3.39. The van der Waals surface area contributed by atoms with E-state index in [9.17, 15) is 4.79 Å². The summed E-state index contributed by atoms with van der Waals surface area (Å²) < 4.78 is 2.14. The van der Waals surface area contributed by atoms with Crippen LogP contribution in [-0.2, 0) is 24.8 Å². The van der Waals surface area contributed by atoms with Gasteiger partial charge in [0.2, 0.25) is 11.9 Å². The first-order chi connectivity index (χ1) is 12.7. The van der Waals surface area contributed by atoms with Crippen molar-refractivity contribution in [1.82, 2.24) is 14.5 Å². The molecule has 2 aliphatic rings. The second kappa shape index (κ2) is 6.13. The number of aryl methyl sites for hydroxylation is 1. The Morgan fingerprint density at radius 1 is 1.23 bits per heavy atom. The van der Waals surface area contributed by atoms with Gasteiger partial charge in [-0.1, -0.05) is 12.1 Å². The second-order valence-electron chi connectivity index (χ2n) is 7.27. The van der Waals surface area contributed by atoms with Crippen molar-refractivity contribution in [2.45, 2.75) is 19.4 Å². The number of anilines is 1. The van der Waals surface area contributed by atoms with Crippen LogP contribution in [0.15, 0.2) is 35.7 Å². The van der Waals surface area contributed by atoms with Gasteiger partial charge < -0.3 is 14.4 Å². The Balaban J connectivity index is 1.32. The van der Waals surface area contributed by atoms with Crippen LogP contribution in [-0.4, -0.2) is 40.0 Å². The molecule has 5 nitrogen and oxygen atoms in total. The van der Waals surface area contributed by atoms with Crippen molar-refractivity contribution in [3.05, 3.63) is 46.2 Å². The number of fused-ring (bicyclic) bond motifs is 2. The third kappa shape index (κ3) is 2.51. The first-order valence-corrected chi connectivity index (χ1v) is 10.1. The number of amides is 1. The minimum Gasteiger partial charge on any atom is -0.341 e. The number of benzene rings is 1. The van der Waals surface area contributed by atoms with Gasteiger partial charge in [-0.3, -0.25) is 4.79 Å². The highest BCUT2D eigenvalue weighted by molar-refractivity contribution is 7.10. The van der Waals surface area contributed by atoms with Gasteiger partial charge in [0, 0.05) is 38.1 Å². The number of para-hydroxylation sites is 2. The standard InChI is InChI=1S/C20H22N4OS/c1-22-17-5-3-2-4-16(17)21-20(22)24-9-6-15(13-24)19(25)23-10-7-18-14(12-23)8-11-26-18/h2-5,8,11,15H,6-7,9-10,12-13H2,1H3. The number of carbonyl (C=O) groups excluding carboxylic acids is 1. The number of thiophene rings is 1. The van der Waals surface area contributed by atoms with Crippen molar-refractivity contribution in [3.63, 3.8) is 0 Å². The molecule has 0 aliphatic carbocycles. The molecule has 1 aromatic carbocycles. The molecule has 2 aliphatic heterocycles. The topological polar surface area (TPSA) is 41.4 Å². The maximum absolute atomic E-state index is 13.0. The molecule has 26 heavy (non-hydrogen) atoms. The summed E-state index contributed by atoms with van der Waals surface area (Å²) in [5.41, 5.74) is 3.49. The fourth-order valence-electron chi connectivity index (χ4n) is 4.25. The number of hydrogen-bond acceptors (Lipinski definition) is 4. The molecule has 3 aromatic rings.